The second-order valence-corrected chi connectivity index (χ2v) is 9.86. The first-order valence-corrected chi connectivity index (χ1v) is 14.0. The van der Waals surface area contributed by atoms with Crippen molar-refractivity contribution in [1.82, 2.24) is 4.98 Å². The second-order valence-electron chi connectivity index (χ2n) is 9.46. The Morgan fingerprint density at radius 2 is 1.20 bits per heavy atom. The lowest BCUT2D eigenvalue weighted by Crippen LogP contribution is -1.98. The summed E-state index contributed by atoms with van der Waals surface area (Å²) in [5.74, 6) is 1.67. The zero-order valence-corrected chi connectivity index (χ0v) is 22.4. The lowest BCUT2D eigenvalue weighted by atomic mass is 10.0. The summed E-state index contributed by atoms with van der Waals surface area (Å²) < 4.78 is 11.9. The molecule has 0 N–H and O–H groups in total. The molecular weight excluding hydrogens is 454 g/mol. The maximum atomic E-state index is 6.59. The van der Waals surface area contributed by atoms with Crippen LogP contribution in [0.3, 0.4) is 0 Å². The second kappa shape index (κ2) is 15.7. The van der Waals surface area contributed by atoms with Crippen LogP contribution in [-0.4, -0.2) is 18.2 Å². The fourth-order valence-corrected chi connectivity index (χ4v) is 4.58. The highest BCUT2D eigenvalue weighted by Gasteiger charge is 2.09. The smallest absolute Gasteiger partial charge is 0.139 e. The van der Waals surface area contributed by atoms with Gasteiger partial charge in [-0.15, -0.1) is 0 Å². The molecule has 35 heavy (non-hydrogen) atoms. The van der Waals surface area contributed by atoms with Gasteiger partial charge in [0, 0.05) is 11.6 Å². The van der Waals surface area contributed by atoms with Gasteiger partial charge in [-0.25, -0.2) is 0 Å². The van der Waals surface area contributed by atoms with E-state index in [1.165, 1.54) is 64.2 Å². The maximum absolute atomic E-state index is 6.59. The van der Waals surface area contributed by atoms with Gasteiger partial charge in [0.2, 0.25) is 0 Å². The number of hydrogen-bond donors (Lipinski definition) is 0. The molecule has 3 aromatic rings. The number of ether oxygens (including phenoxy) is 2. The molecular formula is C31H42ClNO2. The monoisotopic (exact) mass is 495 g/mol. The SMILES string of the molecule is CCCCCCCCOc1cnc(-c2ccc3cc(OCCCCCCCC)ccc3c2)c(Cl)c1. The fourth-order valence-electron chi connectivity index (χ4n) is 4.32. The highest BCUT2D eigenvalue weighted by atomic mass is 35.5. The molecule has 0 unspecified atom stereocenters. The van der Waals surface area contributed by atoms with E-state index in [0.29, 0.717) is 11.6 Å². The summed E-state index contributed by atoms with van der Waals surface area (Å²) in [5, 5.41) is 2.92. The van der Waals surface area contributed by atoms with Crippen molar-refractivity contribution in [1.29, 1.82) is 0 Å². The van der Waals surface area contributed by atoms with Gasteiger partial charge in [-0.2, -0.15) is 0 Å². The Hall–Kier alpha value is -2.26. The Kier molecular flexibility index (Phi) is 12.2. The van der Waals surface area contributed by atoms with Crippen molar-refractivity contribution in [3.63, 3.8) is 0 Å². The van der Waals surface area contributed by atoms with Crippen LogP contribution < -0.4 is 9.47 Å². The molecule has 0 aliphatic rings. The van der Waals surface area contributed by atoms with Gasteiger partial charge in [-0.05, 0) is 41.8 Å². The van der Waals surface area contributed by atoms with E-state index in [1.54, 1.807) is 6.20 Å². The fraction of sp³-hybridized carbons (Fsp3) is 0.516. The topological polar surface area (TPSA) is 31.4 Å². The van der Waals surface area contributed by atoms with Gasteiger partial charge in [-0.3, -0.25) is 4.98 Å². The average molecular weight is 496 g/mol. The first-order chi connectivity index (χ1) is 17.2. The normalized spacial score (nSPS) is 11.2. The number of halogens is 1. The average Bonchev–Trinajstić information content (AvgIpc) is 2.87. The molecule has 4 heteroatoms. The Labute approximate surface area is 217 Å². The van der Waals surface area contributed by atoms with Crippen molar-refractivity contribution in [3.05, 3.63) is 53.7 Å². The molecule has 2 aromatic carbocycles. The van der Waals surface area contributed by atoms with Crippen LogP contribution in [-0.2, 0) is 0 Å². The lowest BCUT2D eigenvalue weighted by molar-refractivity contribution is 0.303. The molecule has 0 fully saturated rings. The van der Waals surface area contributed by atoms with E-state index < -0.39 is 0 Å². The summed E-state index contributed by atoms with van der Waals surface area (Å²) in [5.41, 5.74) is 1.79. The molecule has 3 nitrogen and oxygen atoms in total. The molecule has 0 saturated carbocycles. The maximum Gasteiger partial charge on any atom is 0.139 e. The van der Waals surface area contributed by atoms with E-state index in [-0.39, 0.29) is 0 Å². The summed E-state index contributed by atoms with van der Waals surface area (Å²) >= 11 is 6.59. The van der Waals surface area contributed by atoms with Gasteiger partial charge in [0.15, 0.2) is 0 Å². The molecule has 0 aliphatic heterocycles. The predicted octanol–water partition coefficient (Wildman–Crippen LogP) is 10.0. The van der Waals surface area contributed by atoms with Crippen molar-refractivity contribution >= 4 is 22.4 Å². The molecule has 0 radical (unpaired) electrons. The Bertz CT molecular complexity index is 1020. The minimum absolute atomic E-state index is 0.615. The molecule has 0 atom stereocenters. The molecule has 0 amide bonds. The van der Waals surface area contributed by atoms with Crippen LogP contribution in [0.5, 0.6) is 11.5 Å². The molecule has 3 rings (SSSR count). The van der Waals surface area contributed by atoms with E-state index in [0.717, 1.165) is 53.0 Å². The number of nitrogens with zero attached hydrogens (tertiary/aromatic N) is 1. The van der Waals surface area contributed by atoms with E-state index >= 15 is 0 Å². The van der Waals surface area contributed by atoms with Crippen LogP contribution in [0.25, 0.3) is 22.0 Å². The Morgan fingerprint density at radius 3 is 1.86 bits per heavy atom. The van der Waals surface area contributed by atoms with Crippen molar-refractivity contribution in [3.8, 4) is 22.8 Å². The number of unbranched alkanes of at least 4 members (excludes halogenated alkanes) is 10. The molecule has 0 aliphatic carbocycles. The molecule has 1 heterocycles. The number of pyridine rings is 1. The minimum atomic E-state index is 0.615. The number of aromatic nitrogens is 1. The van der Waals surface area contributed by atoms with Crippen molar-refractivity contribution in [2.45, 2.75) is 90.9 Å². The summed E-state index contributed by atoms with van der Waals surface area (Å²) in [6, 6.07) is 14.5. The summed E-state index contributed by atoms with van der Waals surface area (Å²) in [4.78, 5) is 4.61. The number of hydrogen-bond acceptors (Lipinski definition) is 3. The van der Waals surface area contributed by atoms with Crippen LogP contribution in [0.2, 0.25) is 5.02 Å². The molecule has 0 saturated heterocycles. The van der Waals surface area contributed by atoms with E-state index in [1.807, 2.05) is 6.07 Å². The van der Waals surface area contributed by atoms with Crippen molar-refractivity contribution in [2.75, 3.05) is 13.2 Å². The molecule has 1 aromatic heterocycles. The lowest BCUT2D eigenvalue weighted by Gasteiger charge is -2.10. The largest absolute Gasteiger partial charge is 0.494 e. The quantitative estimate of drug-likeness (QED) is 0.174. The third-order valence-electron chi connectivity index (χ3n) is 6.43. The van der Waals surface area contributed by atoms with Gasteiger partial charge < -0.3 is 9.47 Å². The number of rotatable bonds is 17. The van der Waals surface area contributed by atoms with E-state index in [4.69, 9.17) is 21.1 Å². The summed E-state index contributed by atoms with van der Waals surface area (Å²) in [6.45, 7) is 5.98. The first-order valence-electron chi connectivity index (χ1n) is 13.7. The van der Waals surface area contributed by atoms with Crippen molar-refractivity contribution in [2.24, 2.45) is 0 Å². The van der Waals surface area contributed by atoms with E-state index in [9.17, 15) is 0 Å². The van der Waals surface area contributed by atoms with Gasteiger partial charge in [-0.1, -0.05) is 108 Å². The summed E-state index contributed by atoms with van der Waals surface area (Å²) in [7, 11) is 0. The van der Waals surface area contributed by atoms with Gasteiger partial charge >= 0.3 is 0 Å². The predicted molar refractivity (Wildman–Crippen MR) is 150 cm³/mol. The highest BCUT2D eigenvalue weighted by Crippen LogP contribution is 2.32. The zero-order chi connectivity index (χ0) is 24.7. The highest BCUT2D eigenvalue weighted by molar-refractivity contribution is 6.33. The summed E-state index contributed by atoms with van der Waals surface area (Å²) in [6.07, 6.45) is 16.9. The molecule has 0 bridgehead atoms. The van der Waals surface area contributed by atoms with Gasteiger partial charge in [0.05, 0.1) is 30.1 Å². The third kappa shape index (κ3) is 9.37. The Morgan fingerprint density at radius 1 is 0.629 bits per heavy atom. The number of fused-ring (bicyclic) bond motifs is 1. The van der Waals surface area contributed by atoms with Crippen molar-refractivity contribution < 1.29 is 9.47 Å². The molecule has 190 valence electrons. The van der Waals surface area contributed by atoms with Crippen LogP contribution in [0.1, 0.15) is 90.9 Å². The van der Waals surface area contributed by atoms with Crippen LogP contribution in [0.4, 0.5) is 0 Å². The van der Waals surface area contributed by atoms with Crippen LogP contribution in [0, 0.1) is 0 Å². The van der Waals surface area contributed by atoms with Crippen LogP contribution in [0.15, 0.2) is 48.7 Å². The minimum Gasteiger partial charge on any atom is -0.494 e. The van der Waals surface area contributed by atoms with Gasteiger partial charge in [0.1, 0.15) is 11.5 Å². The number of benzene rings is 2. The Balaban J connectivity index is 1.51. The van der Waals surface area contributed by atoms with E-state index in [2.05, 4.69) is 55.2 Å². The molecule has 0 spiro atoms. The zero-order valence-electron chi connectivity index (χ0n) is 21.7. The van der Waals surface area contributed by atoms with Crippen LogP contribution >= 0.6 is 11.6 Å². The first kappa shape index (κ1) is 27.3. The van der Waals surface area contributed by atoms with Gasteiger partial charge in [0.25, 0.3) is 0 Å². The standard InChI is InChI=1S/C31H42ClNO2/c1-3-5-7-9-11-13-19-34-28-18-17-25-21-27(16-15-26(25)22-28)31-30(32)23-29(24-33-31)35-20-14-12-10-8-6-4-2/h15-18,21-24H,3-14,19-20H2,1-2H3. The third-order valence-corrected chi connectivity index (χ3v) is 6.72.